The average molecular weight is 314 g/mol. The monoisotopic (exact) mass is 313 g/mol. The molecule has 1 aromatic heterocycles. The summed E-state index contributed by atoms with van der Waals surface area (Å²) in [7, 11) is 0. The van der Waals surface area contributed by atoms with Crippen LogP contribution in [0, 0.1) is 5.92 Å². The van der Waals surface area contributed by atoms with Gasteiger partial charge in [0.25, 0.3) is 5.56 Å². The second-order valence-corrected chi connectivity index (χ2v) is 5.80. The van der Waals surface area contributed by atoms with Gasteiger partial charge in [-0.05, 0) is 41.6 Å². The van der Waals surface area contributed by atoms with Crippen LogP contribution in [0.2, 0.25) is 0 Å². The number of halogens is 1. The third kappa shape index (κ3) is 2.76. The number of hydrogen-bond donors (Lipinski definition) is 1. The highest BCUT2D eigenvalue weighted by atomic mass is 79.9. The first-order chi connectivity index (χ1) is 8.63. The van der Waals surface area contributed by atoms with Crippen molar-refractivity contribution in [2.75, 3.05) is 5.32 Å². The lowest BCUT2D eigenvalue weighted by molar-refractivity contribution is 0.349. The number of nitrogens with zero attached hydrogens (tertiary/aromatic N) is 2. The fourth-order valence-electron chi connectivity index (χ4n) is 2.52. The van der Waals surface area contributed by atoms with Crippen molar-refractivity contribution in [1.82, 2.24) is 9.78 Å². The molecule has 100 valence electrons. The summed E-state index contributed by atoms with van der Waals surface area (Å²) < 4.78 is 2.05. The van der Waals surface area contributed by atoms with Crippen LogP contribution < -0.4 is 10.9 Å². The summed E-state index contributed by atoms with van der Waals surface area (Å²) in [6.07, 6.45) is 6.75. The molecule has 0 amide bonds. The SMILES string of the molecule is CCn1ncc(NC2CCCCC2C)c(Br)c1=O. The maximum Gasteiger partial charge on any atom is 0.283 e. The summed E-state index contributed by atoms with van der Waals surface area (Å²) in [5.74, 6) is 0.652. The van der Waals surface area contributed by atoms with Gasteiger partial charge in [-0.25, -0.2) is 4.68 Å². The summed E-state index contributed by atoms with van der Waals surface area (Å²) in [5, 5.41) is 7.63. The van der Waals surface area contributed by atoms with E-state index in [0.29, 0.717) is 23.0 Å². The Morgan fingerprint density at radius 1 is 1.50 bits per heavy atom. The molecule has 0 aromatic carbocycles. The Balaban J connectivity index is 2.19. The largest absolute Gasteiger partial charge is 0.380 e. The summed E-state index contributed by atoms with van der Waals surface area (Å²) >= 11 is 3.38. The van der Waals surface area contributed by atoms with Gasteiger partial charge in [0.15, 0.2) is 0 Å². The maximum atomic E-state index is 12.0. The molecule has 0 saturated heterocycles. The number of hydrogen-bond acceptors (Lipinski definition) is 3. The Morgan fingerprint density at radius 3 is 2.89 bits per heavy atom. The number of rotatable bonds is 3. The molecule has 0 radical (unpaired) electrons. The van der Waals surface area contributed by atoms with Crippen molar-refractivity contribution in [2.24, 2.45) is 5.92 Å². The third-order valence-electron chi connectivity index (χ3n) is 3.74. The molecule has 4 nitrogen and oxygen atoms in total. The van der Waals surface area contributed by atoms with Crippen LogP contribution in [0.25, 0.3) is 0 Å². The zero-order valence-electron chi connectivity index (χ0n) is 10.9. The van der Waals surface area contributed by atoms with E-state index in [2.05, 4.69) is 33.3 Å². The van der Waals surface area contributed by atoms with Gasteiger partial charge in [-0.1, -0.05) is 19.8 Å². The molecule has 0 bridgehead atoms. The molecule has 1 heterocycles. The van der Waals surface area contributed by atoms with Crippen molar-refractivity contribution in [3.63, 3.8) is 0 Å². The first-order valence-corrected chi connectivity index (χ1v) is 7.45. The van der Waals surface area contributed by atoms with E-state index in [0.717, 1.165) is 5.69 Å². The number of aromatic nitrogens is 2. The van der Waals surface area contributed by atoms with Gasteiger partial charge in [0.1, 0.15) is 4.47 Å². The number of anilines is 1. The van der Waals surface area contributed by atoms with Crippen LogP contribution in [-0.4, -0.2) is 15.8 Å². The van der Waals surface area contributed by atoms with Gasteiger partial charge in [0.05, 0.1) is 11.9 Å². The van der Waals surface area contributed by atoms with Crippen LogP contribution in [0.1, 0.15) is 39.5 Å². The number of nitrogens with one attached hydrogen (secondary N) is 1. The first-order valence-electron chi connectivity index (χ1n) is 6.65. The van der Waals surface area contributed by atoms with E-state index in [4.69, 9.17) is 0 Å². The molecule has 2 rings (SSSR count). The van der Waals surface area contributed by atoms with E-state index in [9.17, 15) is 4.79 Å². The molecule has 0 spiro atoms. The van der Waals surface area contributed by atoms with Gasteiger partial charge in [-0.3, -0.25) is 4.79 Å². The van der Waals surface area contributed by atoms with E-state index in [1.165, 1.54) is 30.4 Å². The zero-order chi connectivity index (χ0) is 13.1. The maximum absolute atomic E-state index is 12.0. The molecule has 1 aliphatic rings. The predicted molar refractivity (Wildman–Crippen MR) is 76.9 cm³/mol. The molecule has 18 heavy (non-hydrogen) atoms. The quantitative estimate of drug-likeness (QED) is 0.933. The van der Waals surface area contributed by atoms with Crippen LogP contribution >= 0.6 is 15.9 Å². The molecule has 2 atom stereocenters. The first kappa shape index (κ1) is 13.6. The summed E-state index contributed by atoms with van der Waals surface area (Å²) in [6.45, 7) is 4.78. The Bertz CT molecular complexity index is 472. The summed E-state index contributed by atoms with van der Waals surface area (Å²) in [6, 6.07) is 0.453. The lowest BCUT2D eigenvalue weighted by Crippen LogP contribution is -2.32. The fraction of sp³-hybridized carbons (Fsp3) is 0.692. The van der Waals surface area contributed by atoms with Gasteiger partial charge in [-0.2, -0.15) is 5.10 Å². The topological polar surface area (TPSA) is 46.9 Å². The van der Waals surface area contributed by atoms with Crippen LogP contribution in [0.3, 0.4) is 0 Å². The molecule has 1 aliphatic carbocycles. The molecule has 1 saturated carbocycles. The molecular formula is C13H20BrN3O. The number of aryl methyl sites for hydroxylation is 1. The van der Waals surface area contributed by atoms with Crippen molar-refractivity contribution >= 4 is 21.6 Å². The zero-order valence-corrected chi connectivity index (χ0v) is 12.5. The van der Waals surface area contributed by atoms with Gasteiger partial charge in [0.2, 0.25) is 0 Å². The lowest BCUT2D eigenvalue weighted by atomic mass is 9.86. The molecule has 1 aromatic rings. The van der Waals surface area contributed by atoms with Gasteiger partial charge in [-0.15, -0.1) is 0 Å². The second-order valence-electron chi connectivity index (χ2n) is 5.01. The summed E-state index contributed by atoms with van der Waals surface area (Å²) in [4.78, 5) is 12.0. The average Bonchev–Trinajstić information content (AvgIpc) is 2.38. The van der Waals surface area contributed by atoms with Crippen molar-refractivity contribution in [3.8, 4) is 0 Å². The molecular weight excluding hydrogens is 294 g/mol. The minimum atomic E-state index is -0.0639. The highest BCUT2D eigenvalue weighted by molar-refractivity contribution is 9.10. The minimum absolute atomic E-state index is 0.0639. The summed E-state index contributed by atoms with van der Waals surface area (Å²) in [5.41, 5.74) is 0.759. The van der Waals surface area contributed by atoms with E-state index in [-0.39, 0.29) is 5.56 Å². The molecule has 1 fully saturated rings. The minimum Gasteiger partial charge on any atom is -0.380 e. The van der Waals surface area contributed by atoms with Gasteiger partial charge < -0.3 is 5.32 Å². The van der Waals surface area contributed by atoms with E-state index in [1.807, 2.05) is 6.92 Å². The van der Waals surface area contributed by atoms with Gasteiger partial charge in [0, 0.05) is 12.6 Å². The van der Waals surface area contributed by atoms with Gasteiger partial charge >= 0.3 is 0 Å². The van der Waals surface area contributed by atoms with E-state index in [1.54, 1.807) is 6.20 Å². The molecule has 2 unspecified atom stereocenters. The third-order valence-corrected chi connectivity index (χ3v) is 4.50. The molecule has 5 heteroatoms. The fourth-order valence-corrected chi connectivity index (χ4v) is 2.94. The Labute approximate surface area is 116 Å². The van der Waals surface area contributed by atoms with Crippen molar-refractivity contribution in [2.45, 2.75) is 52.1 Å². The van der Waals surface area contributed by atoms with Crippen LogP contribution in [0.5, 0.6) is 0 Å². The van der Waals surface area contributed by atoms with E-state index >= 15 is 0 Å². The highest BCUT2D eigenvalue weighted by Gasteiger charge is 2.22. The Morgan fingerprint density at radius 2 is 2.22 bits per heavy atom. The highest BCUT2D eigenvalue weighted by Crippen LogP contribution is 2.28. The molecule has 0 aliphatic heterocycles. The van der Waals surface area contributed by atoms with Crippen molar-refractivity contribution < 1.29 is 0 Å². The normalized spacial score (nSPS) is 23.9. The smallest absolute Gasteiger partial charge is 0.283 e. The Hall–Kier alpha value is -0.840. The lowest BCUT2D eigenvalue weighted by Gasteiger charge is -2.30. The standard InChI is InChI=1S/C13H20BrN3O/c1-3-17-13(18)12(14)11(8-15-17)16-10-7-5-4-6-9(10)2/h8-10,16H,3-7H2,1-2H3. The van der Waals surface area contributed by atoms with Crippen molar-refractivity contribution in [1.29, 1.82) is 0 Å². The second kappa shape index (κ2) is 5.87. The van der Waals surface area contributed by atoms with E-state index < -0.39 is 0 Å². The Kier molecular flexibility index (Phi) is 4.43. The van der Waals surface area contributed by atoms with Crippen LogP contribution in [-0.2, 0) is 6.54 Å². The van der Waals surface area contributed by atoms with Crippen molar-refractivity contribution in [3.05, 3.63) is 21.0 Å². The molecule has 1 N–H and O–H groups in total. The van der Waals surface area contributed by atoms with Crippen LogP contribution in [0.15, 0.2) is 15.5 Å². The predicted octanol–water partition coefficient (Wildman–Crippen LogP) is 3.02. The van der Waals surface area contributed by atoms with Crippen LogP contribution in [0.4, 0.5) is 5.69 Å².